The number of carboxylic acids is 1. The zero-order valence-electron chi connectivity index (χ0n) is 13.2. The number of hydrogen-bond acceptors (Lipinski definition) is 3. The Balaban J connectivity index is 1.54. The first-order valence-electron chi connectivity index (χ1n) is 8.59. The summed E-state index contributed by atoms with van der Waals surface area (Å²) in [4.78, 5) is 22.0. The van der Waals surface area contributed by atoms with Gasteiger partial charge in [0.1, 0.15) is 11.8 Å². The van der Waals surface area contributed by atoms with Crippen molar-refractivity contribution in [2.24, 2.45) is 17.8 Å². The molecule has 0 aromatic carbocycles. The highest BCUT2D eigenvalue weighted by Gasteiger charge is 2.54. The molecule has 24 heavy (non-hydrogen) atoms. The third-order valence-electron chi connectivity index (χ3n) is 6.24. The standard InChI is InChI=1S/C17H19BrN4O2/c18-17-3-8-1-9(4-17)12(10(2-8)5-17)22-13-11(16(23)24)6-19-15-14(13)20-7-21-15/h6-10,12H,1-5H2,(H,23,24)(H2,19,20,21,22)/p+1/t8?,9-,10+,12?,17?. The molecule has 4 aliphatic carbocycles. The number of rotatable bonds is 3. The molecule has 0 aliphatic heterocycles. The summed E-state index contributed by atoms with van der Waals surface area (Å²) in [6.07, 6.45) is 9.33. The summed E-state index contributed by atoms with van der Waals surface area (Å²) in [6.45, 7) is 0. The van der Waals surface area contributed by atoms with Gasteiger partial charge in [0.2, 0.25) is 0 Å². The van der Waals surface area contributed by atoms with Crippen molar-refractivity contribution < 1.29 is 14.9 Å². The second kappa shape index (κ2) is 4.94. The quantitative estimate of drug-likeness (QED) is 0.701. The highest BCUT2D eigenvalue weighted by Crippen LogP contribution is 2.59. The van der Waals surface area contributed by atoms with Crippen molar-refractivity contribution in [2.75, 3.05) is 5.32 Å². The zero-order valence-corrected chi connectivity index (χ0v) is 14.8. The van der Waals surface area contributed by atoms with Crippen LogP contribution in [0.5, 0.6) is 0 Å². The summed E-state index contributed by atoms with van der Waals surface area (Å²) in [5, 5.41) is 13.2. The van der Waals surface area contributed by atoms with Crippen molar-refractivity contribution >= 4 is 38.8 Å². The van der Waals surface area contributed by atoms with Gasteiger partial charge < -0.3 is 10.4 Å². The Hall–Kier alpha value is -1.63. The van der Waals surface area contributed by atoms with Crippen LogP contribution in [0.3, 0.4) is 0 Å². The number of halogens is 1. The predicted octanol–water partition coefficient (Wildman–Crippen LogP) is 2.83. The van der Waals surface area contributed by atoms with E-state index in [-0.39, 0.29) is 5.56 Å². The Morgan fingerprint density at radius 1 is 1.38 bits per heavy atom. The Kier molecular flexibility index (Phi) is 3.02. The molecule has 5 atom stereocenters. The van der Waals surface area contributed by atoms with E-state index in [1.807, 2.05) is 0 Å². The lowest BCUT2D eigenvalue weighted by molar-refractivity contribution is -0.347. The first-order valence-corrected chi connectivity index (χ1v) is 9.38. The predicted molar refractivity (Wildman–Crippen MR) is 92.2 cm³/mol. The third-order valence-corrected chi connectivity index (χ3v) is 7.22. The Labute approximate surface area is 147 Å². The van der Waals surface area contributed by atoms with Crippen LogP contribution in [-0.2, 0) is 0 Å². The number of imidazole rings is 1. The number of carboxylic acid groups (broad SMARTS) is 1. The molecule has 4 bridgehead atoms. The number of H-pyrrole nitrogens is 2. The molecule has 0 saturated heterocycles. The molecule has 7 heteroatoms. The maximum absolute atomic E-state index is 11.7. The number of aromatic carboxylic acids is 1. The molecule has 4 aliphatic rings. The highest BCUT2D eigenvalue weighted by atomic mass is 79.9. The smallest absolute Gasteiger partial charge is 0.341 e. The summed E-state index contributed by atoms with van der Waals surface area (Å²) in [6, 6.07) is 0.347. The van der Waals surface area contributed by atoms with Gasteiger partial charge in [-0.05, 0) is 49.9 Å². The van der Waals surface area contributed by atoms with E-state index in [2.05, 4.69) is 36.2 Å². The van der Waals surface area contributed by atoms with E-state index in [1.165, 1.54) is 38.3 Å². The first-order chi connectivity index (χ1) is 11.5. The maximum atomic E-state index is 11.7. The second-order valence-corrected chi connectivity index (χ2v) is 9.48. The van der Waals surface area contributed by atoms with Gasteiger partial charge >= 0.3 is 11.6 Å². The molecule has 4 saturated carbocycles. The number of nitrogens with one attached hydrogen (secondary N) is 3. The van der Waals surface area contributed by atoms with Crippen LogP contribution in [-0.4, -0.2) is 31.4 Å². The molecular weight excluding hydrogens is 372 g/mol. The molecule has 6 rings (SSSR count). The fourth-order valence-electron chi connectivity index (χ4n) is 5.58. The molecule has 2 heterocycles. The molecule has 6 nitrogen and oxygen atoms in total. The Morgan fingerprint density at radius 3 is 2.79 bits per heavy atom. The normalized spacial score (nSPS) is 37.0. The lowest BCUT2D eigenvalue weighted by Crippen LogP contribution is -2.56. The van der Waals surface area contributed by atoms with Gasteiger partial charge in [0.25, 0.3) is 0 Å². The Morgan fingerprint density at radius 2 is 2.12 bits per heavy atom. The number of nitrogens with zero attached hydrogens (tertiary/aromatic N) is 1. The Bertz CT molecular complexity index is 819. The summed E-state index contributed by atoms with van der Waals surface area (Å²) in [5.74, 6) is 1.11. The van der Waals surface area contributed by atoms with Gasteiger partial charge in [0.05, 0.1) is 5.69 Å². The molecule has 0 amide bonds. The van der Waals surface area contributed by atoms with E-state index in [0.29, 0.717) is 33.5 Å². The van der Waals surface area contributed by atoms with E-state index in [4.69, 9.17) is 0 Å². The van der Waals surface area contributed by atoms with Crippen LogP contribution in [0, 0.1) is 17.8 Å². The lowest BCUT2D eigenvalue weighted by Gasteiger charge is -2.58. The highest BCUT2D eigenvalue weighted by molar-refractivity contribution is 9.10. The number of anilines is 1. The molecule has 0 radical (unpaired) electrons. The molecule has 2 aromatic rings. The number of aromatic nitrogens is 3. The van der Waals surface area contributed by atoms with Crippen molar-refractivity contribution in [2.45, 2.75) is 42.5 Å². The van der Waals surface area contributed by atoms with Gasteiger partial charge in [-0.15, -0.1) is 4.98 Å². The van der Waals surface area contributed by atoms with Gasteiger partial charge in [-0.25, -0.2) is 9.78 Å². The van der Waals surface area contributed by atoms with Crippen LogP contribution in [0.15, 0.2) is 12.5 Å². The van der Waals surface area contributed by atoms with Gasteiger partial charge in [0.15, 0.2) is 11.8 Å². The van der Waals surface area contributed by atoms with E-state index in [9.17, 15) is 9.90 Å². The topological polar surface area (TPSA) is 92.2 Å². The number of fused-ring (bicyclic) bond motifs is 1. The SMILES string of the molecule is O=C(O)c1cnc2[nH+]c[nH]c2c1NC1[C@@H]2CC3C[C@H]1CC(Br)(C3)C2. The minimum atomic E-state index is -0.942. The van der Waals surface area contributed by atoms with E-state index < -0.39 is 5.97 Å². The van der Waals surface area contributed by atoms with Crippen molar-refractivity contribution in [3.8, 4) is 0 Å². The number of carbonyl (C=O) groups is 1. The zero-order chi connectivity index (χ0) is 16.5. The summed E-state index contributed by atoms with van der Waals surface area (Å²) in [5.41, 5.74) is 2.34. The van der Waals surface area contributed by atoms with Gasteiger partial charge in [-0.1, -0.05) is 15.9 Å². The summed E-state index contributed by atoms with van der Waals surface area (Å²) >= 11 is 4.00. The van der Waals surface area contributed by atoms with Crippen molar-refractivity contribution in [1.82, 2.24) is 9.97 Å². The maximum Gasteiger partial charge on any atom is 0.341 e. The summed E-state index contributed by atoms with van der Waals surface area (Å²) in [7, 11) is 0. The van der Waals surface area contributed by atoms with Crippen LogP contribution in [0.1, 0.15) is 42.5 Å². The largest absolute Gasteiger partial charge is 0.478 e. The van der Waals surface area contributed by atoms with Crippen LogP contribution in [0.25, 0.3) is 11.2 Å². The van der Waals surface area contributed by atoms with E-state index in [1.54, 1.807) is 6.33 Å². The van der Waals surface area contributed by atoms with Crippen molar-refractivity contribution in [3.63, 3.8) is 0 Å². The molecule has 4 N–H and O–H groups in total. The average molecular weight is 392 g/mol. The molecule has 126 valence electrons. The lowest BCUT2D eigenvalue weighted by atomic mass is 9.54. The number of hydrogen-bond donors (Lipinski definition) is 3. The van der Waals surface area contributed by atoms with Crippen LogP contribution in [0.4, 0.5) is 5.69 Å². The van der Waals surface area contributed by atoms with Crippen LogP contribution >= 0.6 is 15.9 Å². The van der Waals surface area contributed by atoms with Crippen molar-refractivity contribution in [3.05, 3.63) is 18.1 Å². The first kappa shape index (κ1) is 14.7. The molecule has 0 spiro atoms. The minimum Gasteiger partial charge on any atom is -0.478 e. The molecule has 2 aromatic heterocycles. The average Bonchev–Trinajstić information content (AvgIpc) is 2.97. The van der Waals surface area contributed by atoms with Crippen LogP contribution < -0.4 is 10.3 Å². The summed E-state index contributed by atoms with van der Waals surface area (Å²) < 4.78 is 0.324. The molecule has 4 fully saturated rings. The third kappa shape index (κ3) is 2.10. The molecular formula is C17H20BrN4O2+. The monoisotopic (exact) mass is 391 g/mol. The second-order valence-electron chi connectivity index (χ2n) is 7.80. The fraction of sp³-hybridized carbons (Fsp3) is 0.588. The van der Waals surface area contributed by atoms with Gasteiger partial charge in [0, 0.05) is 10.4 Å². The number of alkyl halides is 1. The fourth-order valence-corrected chi connectivity index (χ4v) is 6.87. The minimum absolute atomic E-state index is 0.237. The number of pyridine rings is 1. The van der Waals surface area contributed by atoms with Crippen molar-refractivity contribution in [1.29, 1.82) is 0 Å². The van der Waals surface area contributed by atoms with Gasteiger partial charge in [-0.2, -0.15) is 0 Å². The van der Waals surface area contributed by atoms with Gasteiger partial charge in [-0.3, -0.25) is 4.98 Å². The molecule has 3 unspecified atom stereocenters. The van der Waals surface area contributed by atoms with E-state index in [0.717, 1.165) is 11.4 Å². The number of aromatic amines is 2. The van der Waals surface area contributed by atoms with E-state index >= 15 is 0 Å². The van der Waals surface area contributed by atoms with Crippen LogP contribution in [0.2, 0.25) is 0 Å².